The molecule has 0 bridgehead atoms. The van der Waals surface area contributed by atoms with Crippen LogP contribution in [0.25, 0.3) is 0 Å². The third-order valence-corrected chi connectivity index (χ3v) is 4.38. The zero-order valence-electron chi connectivity index (χ0n) is 9.70. The summed E-state index contributed by atoms with van der Waals surface area (Å²) in [6, 6.07) is 3.94. The number of nitrogens with zero attached hydrogens (tertiary/aromatic N) is 1. The zero-order chi connectivity index (χ0) is 12.3. The molecule has 1 unspecified atom stereocenters. The van der Waals surface area contributed by atoms with E-state index in [0.717, 1.165) is 28.3 Å². The first-order valence-corrected chi connectivity index (χ1v) is 7.20. The summed E-state index contributed by atoms with van der Waals surface area (Å²) in [6.07, 6.45) is 0. The Morgan fingerprint density at radius 3 is 3.18 bits per heavy atom. The number of nitrogens with one attached hydrogen (secondary N) is 2. The van der Waals surface area contributed by atoms with Crippen molar-refractivity contribution in [2.24, 2.45) is 0 Å². The minimum atomic E-state index is -0.0860. The Morgan fingerprint density at radius 2 is 2.53 bits per heavy atom. The molecule has 6 heteroatoms. The molecule has 2 N–H and O–H groups in total. The molecule has 0 spiro atoms. The molecular weight excluding hydrogens is 302 g/mol. The average molecular weight is 318 g/mol. The highest BCUT2D eigenvalue weighted by atomic mass is 79.9. The van der Waals surface area contributed by atoms with Crippen molar-refractivity contribution in [2.75, 3.05) is 26.7 Å². The number of carbonyl (C=O) groups excluding carboxylic acids is 1. The zero-order valence-corrected chi connectivity index (χ0v) is 12.1. The number of likely N-dealkylation sites (N-methyl/N-ethyl adjacent to an activating group) is 1. The third-order valence-electron chi connectivity index (χ3n) is 2.76. The number of halogens is 1. The Bertz CT molecular complexity index is 396. The fourth-order valence-corrected chi connectivity index (χ4v) is 3.24. The fraction of sp³-hybridized carbons (Fsp3) is 0.545. The van der Waals surface area contributed by atoms with Crippen LogP contribution in [0.1, 0.15) is 4.88 Å². The molecule has 0 saturated carbocycles. The van der Waals surface area contributed by atoms with Crippen LogP contribution in [0.2, 0.25) is 0 Å². The van der Waals surface area contributed by atoms with Crippen molar-refractivity contribution in [3.05, 3.63) is 20.8 Å². The molecule has 1 saturated heterocycles. The Kier molecular flexibility index (Phi) is 4.55. The van der Waals surface area contributed by atoms with E-state index in [-0.39, 0.29) is 11.9 Å². The monoisotopic (exact) mass is 317 g/mol. The number of piperazine rings is 1. The third kappa shape index (κ3) is 3.77. The van der Waals surface area contributed by atoms with E-state index in [4.69, 9.17) is 0 Å². The largest absolute Gasteiger partial charge is 0.350 e. The number of hydrogen-bond donors (Lipinski definition) is 2. The second-order valence-electron chi connectivity index (χ2n) is 4.19. The van der Waals surface area contributed by atoms with Crippen molar-refractivity contribution in [2.45, 2.75) is 12.6 Å². The number of hydrogen-bond acceptors (Lipinski definition) is 4. The highest BCUT2D eigenvalue weighted by molar-refractivity contribution is 9.11. The molecule has 1 atom stereocenters. The molecule has 17 heavy (non-hydrogen) atoms. The van der Waals surface area contributed by atoms with Gasteiger partial charge in [-0.2, -0.15) is 0 Å². The first-order valence-electron chi connectivity index (χ1n) is 5.59. The number of rotatable bonds is 3. The smallest absolute Gasteiger partial charge is 0.238 e. The molecule has 1 aromatic rings. The molecule has 94 valence electrons. The summed E-state index contributed by atoms with van der Waals surface area (Å²) in [4.78, 5) is 15.2. The quantitative estimate of drug-likeness (QED) is 0.875. The number of amides is 1. The van der Waals surface area contributed by atoms with E-state index in [0.29, 0.717) is 6.54 Å². The lowest BCUT2D eigenvalue weighted by molar-refractivity contribution is -0.124. The molecule has 1 aliphatic rings. The van der Waals surface area contributed by atoms with Gasteiger partial charge < -0.3 is 15.5 Å². The standard InChI is InChI=1S/C11H16BrN3OS/c1-15-5-4-13-9(7-15)11(16)14-6-8-2-3-10(12)17-8/h2-3,9,13H,4-7H2,1H3,(H,14,16). The van der Waals surface area contributed by atoms with Crippen molar-refractivity contribution >= 4 is 33.2 Å². The van der Waals surface area contributed by atoms with Crippen molar-refractivity contribution in [3.63, 3.8) is 0 Å². The van der Waals surface area contributed by atoms with E-state index in [2.05, 4.69) is 31.5 Å². The number of carbonyl (C=O) groups is 1. The minimum Gasteiger partial charge on any atom is -0.350 e. The van der Waals surface area contributed by atoms with E-state index in [1.165, 1.54) is 0 Å². The topological polar surface area (TPSA) is 44.4 Å². The highest BCUT2D eigenvalue weighted by Crippen LogP contribution is 2.21. The van der Waals surface area contributed by atoms with Crippen LogP contribution in [-0.2, 0) is 11.3 Å². The van der Waals surface area contributed by atoms with Gasteiger partial charge in [0.15, 0.2) is 0 Å². The van der Waals surface area contributed by atoms with E-state index >= 15 is 0 Å². The maximum Gasteiger partial charge on any atom is 0.238 e. The normalized spacial score (nSPS) is 21.4. The molecule has 1 amide bonds. The van der Waals surface area contributed by atoms with Crippen molar-refractivity contribution in [3.8, 4) is 0 Å². The molecular formula is C11H16BrN3OS. The molecule has 1 aromatic heterocycles. The van der Waals surface area contributed by atoms with Crippen LogP contribution in [0.5, 0.6) is 0 Å². The van der Waals surface area contributed by atoms with Crippen LogP contribution in [-0.4, -0.2) is 43.5 Å². The van der Waals surface area contributed by atoms with Crippen molar-refractivity contribution in [1.29, 1.82) is 0 Å². The predicted octanol–water partition coefficient (Wildman–Crippen LogP) is 1.03. The molecule has 2 rings (SSSR count). The molecule has 1 fully saturated rings. The molecule has 2 heterocycles. The summed E-state index contributed by atoms with van der Waals surface area (Å²) in [5, 5.41) is 6.20. The summed E-state index contributed by atoms with van der Waals surface area (Å²) >= 11 is 5.06. The van der Waals surface area contributed by atoms with Crippen LogP contribution in [0.15, 0.2) is 15.9 Å². The van der Waals surface area contributed by atoms with Gasteiger partial charge in [0.2, 0.25) is 5.91 Å². The highest BCUT2D eigenvalue weighted by Gasteiger charge is 2.22. The summed E-state index contributed by atoms with van der Waals surface area (Å²) in [6.45, 7) is 3.26. The van der Waals surface area contributed by atoms with E-state index in [9.17, 15) is 4.79 Å². The first-order chi connectivity index (χ1) is 8.15. The Balaban J connectivity index is 1.80. The van der Waals surface area contributed by atoms with Gasteiger partial charge in [-0.25, -0.2) is 0 Å². The molecule has 0 aromatic carbocycles. The summed E-state index contributed by atoms with van der Waals surface area (Å²) in [5.41, 5.74) is 0. The summed E-state index contributed by atoms with van der Waals surface area (Å²) in [5.74, 6) is 0.0843. The van der Waals surface area contributed by atoms with Gasteiger partial charge in [-0.05, 0) is 35.1 Å². The van der Waals surface area contributed by atoms with E-state index in [1.54, 1.807) is 11.3 Å². The second-order valence-corrected chi connectivity index (χ2v) is 6.74. The Hall–Kier alpha value is -0.430. The average Bonchev–Trinajstić information content (AvgIpc) is 2.72. The van der Waals surface area contributed by atoms with Crippen LogP contribution >= 0.6 is 27.3 Å². The van der Waals surface area contributed by atoms with Crippen molar-refractivity contribution in [1.82, 2.24) is 15.5 Å². The lowest BCUT2D eigenvalue weighted by Gasteiger charge is -2.29. The maximum atomic E-state index is 11.9. The molecule has 4 nitrogen and oxygen atoms in total. The van der Waals surface area contributed by atoms with Gasteiger partial charge >= 0.3 is 0 Å². The minimum absolute atomic E-state index is 0.0843. The molecule has 0 aliphatic carbocycles. The van der Waals surface area contributed by atoms with Gasteiger partial charge in [-0.15, -0.1) is 11.3 Å². The van der Waals surface area contributed by atoms with E-state index < -0.39 is 0 Å². The fourth-order valence-electron chi connectivity index (χ4n) is 1.82. The first kappa shape index (κ1) is 13.0. The summed E-state index contributed by atoms with van der Waals surface area (Å²) in [7, 11) is 2.04. The van der Waals surface area contributed by atoms with E-state index in [1.807, 2.05) is 19.2 Å². The SMILES string of the molecule is CN1CCNC(C(=O)NCc2ccc(Br)s2)C1. The predicted molar refractivity (Wildman–Crippen MR) is 73.2 cm³/mol. The van der Waals surface area contributed by atoms with Crippen LogP contribution < -0.4 is 10.6 Å². The van der Waals surface area contributed by atoms with Crippen molar-refractivity contribution < 1.29 is 4.79 Å². The van der Waals surface area contributed by atoms with Gasteiger partial charge in [0, 0.05) is 24.5 Å². The second kappa shape index (κ2) is 5.95. The maximum absolute atomic E-state index is 11.9. The molecule has 0 radical (unpaired) electrons. The summed E-state index contributed by atoms with van der Waals surface area (Å²) < 4.78 is 1.09. The lowest BCUT2D eigenvalue weighted by Crippen LogP contribution is -2.55. The molecule has 1 aliphatic heterocycles. The van der Waals surface area contributed by atoms with Gasteiger partial charge in [0.1, 0.15) is 0 Å². The van der Waals surface area contributed by atoms with Crippen LogP contribution in [0.3, 0.4) is 0 Å². The Morgan fingerprint density at radius 1 is 1.71 bits per heavy atom. The Labute approximate surface area is 114 Å². The van der Waals surface area contributed by atoms with Gasteiger partial charge in [-0.3, -0.25) is 4.79 Å². The van der Waals surface area contributed by atoms with Gasteiger partial charge in [-0.1, -0.05) is 0 Å². The van der Waals surface area contributed by atoms with Crippen LogP contribution in [0.4, 0.5) is 0 Å². The van der Waals surface area contributed by atoms with Crippen LogP contribution in [0, 0.1) is 0 Å². The van der Waals surface area contributed by atoms with Gasteiger partial charge in [0.25, 0.3) is 0 Å². The number of thiophene rings is 1. The van der Waals surface area contributed by atoms with Gasteiger partial charge in [0.05, 0.1) is 16.4 Å². The lowest BCUT2D eigenvalue weighted by atomic mass is 10.2.